The summed E-state index contributed by atoms with van der Waals surface area (Å²) in [5, 5.41) is 7.26. The van der Waals surface area contributed by atoms with Crippen molar-refractivity contribution in [1.82, 2.24) is 4.31 Å². The number of anilines is 1. The van der Waals surface area contributed by atoms with Gasteiger partial charge >= 0.3 is 0 Å². The Balaban J connectivity index is 1.30. The Bertz CT molecular complexity index is 1170. The third-order valence-electron chi connectivity index (χ3n) is 6.05. The molecule has 1 aliphatic heterocycles. The van der Waals surface area contributed by atoms with Crippen LogP contribution in [0, 0.1) is 5.92 Å². The van der Waals surface area contributed by atoms with Crippen molar-refractivity contribution in [3.8, 4) is 0 Å². The fourth-order valence-corrected chi connectivity index (χ4v) is 7.10. The summed E-state index contributed by atoms with van der Waals surface area (Å²) in [5.41, 5.74) is 3.55. The zero-order valence-electron chi connectivity index (χ0n) is 15.9. The molecule has 2 aromatic carbocycles. The summed E-state index contributed by atoms with van der Waals surface area (Å²) in [5.74, 6) is -0.190. The van der Waals surface area contributed by atoms with Gasteiger partial charge in [0.1, 0.15) is 4.21 Å². The molecule has 0 spiro atoms. The highest BCUT2D eigenvalue weighted by Crippen LogP contribution is 2.35. The number of nitrogens with one attached hydrogen (secondary N) is 1. The van der Waals surface area contributed by atoms with Crippen LogP contribution in [-0.4, -0.2) is 31.7 Å². The summed E-state index contributed by atoms with van der Waals surface area (Å²) in [6.45, 7) is 0.754. The predicted octanol–water partition coefficient (Wildman–Crippen LogP) is 4.04. The lowest BCUT2D eigenvalue weighted by Gasteiger charge is -2.30. The minimum atomic E-state index is -3.44. The molecule has 0 bridgehead atoms. The summed E-state index contributed by atoms with van der Waals surface area (Å²) in [4.78, 5) is 12.9. The molecule has 5 rings (SSSR count). The van der Waals surface area contributed by atoms with Crippen LogP contribution in [-0.2, 0) is 27.7 Å². The summed E-state index contributed by atoms with van der Waals surface area (Å²) >= 11 is 1.23. The van der Waals surface area contributed by atoms with E-state index in [1.54, 1.807) is 17.5 Å². The van der Waals surface area contributed by atoms with Gasteiger partial charge in [0, 0.05) is 30.1 Å². The number of sulfonamides is 1. The van der Waals surface area contributed by atoms with Gasteiger partial charge in [0.2, 0.25) is 5.91 Å². The van der Waals surface area contributed by atoms with Gasteiger partial charge in [-0.25, -0.2) is 8.42 Å². The van der Waals surface area contributed by atoms with Crippen molar-refractivity contribution >= 4 is 43.7 Å². The van der Waals surface area contributed by atoms with Crippen LogP contribution in [0.25, 0.3) is 10.8 Å². The van der Waals surface area contributed by atoms with Crippen LogP contribution in [0.1, 0.15) is 24.0 Å². The monoisotopic (exact) mass is 426 g/mol. The Hall–Kier alpha value is -2.22. The van der Waals surface area contributed by atoms with Crippen LogP contribution in [0.2, 0.25) is 0 Å². The number of carbonyl (C=O) groups is 1. The van der Waals surface area contributed by atoms with Gasteiger partial charge in [-0.2, -0.15) is 4.31 Å². The summed E-state index contributed by atoms with van der Waals surface area (Å²) in [7, 11) is -3.44. The molecule has 7 heteroatoms. The van der Waals surface area contributed by atoms with Crippen molar-refractivity contribution < 1.29 is 13.2 Å². The van der Waals surface area contributed by atoms with E-state index < -0.39 is 10.0 Å². The lowest BCUT2D eigenvalue weighted by Crippen LogP contribution is -2.41. The zero-order valence-corrected chi connectivity index (χ0v) is 17.6. The zero-order chi connectivity index (χ0) is 20.0. The summed E-state index contributed by atoms with van der Waals surface area (Å²) in [6, 6.07) is 13.8. The molecule has 2 aliphatic rings. The van der Waals surface area contributed by atoms with Gasteiger partial charge in [0.05, 0.1) is 0 Å². The molecule has 1 N–H and O–H groups in total. The van der Waals surface area contributed by atoms with Crippen molar-refractivity contribution in [1.29, 1.82) is 0 Å². The lowest BCUT2D eigenvalue weighted by molar-refractivity contribution is -0.120. The average Bonchev–Trinajstić information content (AvgIpc) is 3.42. The second kappa shape index (κ2) is 7.23. The number of aryl methyl sites for hydroxylation is 2. The maximum atomic E-state index is 12.9. The smallest absolute Gasteiger partial charge is 0.252 e. The Morgan fingerprint density at radius 2 is 1.76 bits per heavy atom. The van der Waals surface area contributed by atoms with Gasteiger partial charge in [-0.05, 0) is 59.7 Å². The number of thiophene rings is 1. The molecule has 1 aliphatic carbocycles. The van der Waals surface area contributed by atoms with Crippen molar-refractivity contribution in [2.75, 3.05) is 18.4 Å². The molecule has 150 valence electrons. The van der Waals surface area contributed by atoms with Crippen LogP contribution in [0.5, 0.6) is 0 Å². The Morgan fingerprint density at radius 3 is 2.48 bits per heavy atom. The minimum absolute atomic E-state index is 0.0168. The van der Waals surface area contributed by atoms with E-state index in [0.717, 1.165) is 23.9 Å². The molecular weight excluding hydrogens is 404 g/mol. The van der Waals surface area contributed by atoms with Crippen LogP contribution in [0.15, 0.2) is 52.1 Å². The first kappa shape index (κ1) is 18.8. The van der Waals surface area contributed by atoms with Gasteiger partial charge in [0.15, 0.2) is 0 Å². The highest BCUT2D eigenvalue weighted by Gasteiger charge is 2.32. The SMILES string of the molecule is O=C(Nc1ccc2c3c(cccc13)CC2)C1CCN(S(=O)(=O)c2cccs2)CC1. The molecule has 1 fully saturated rings. The Morgan fingerprint density at radius 1 is 1.00 bits per heavy atom. The second-order valence-electron chi connectivity index (χ2n) is 7.71. The van der Waals surface area contributed by atoms with Crippen LogP contribution >= 0.6 is 11.3 Å². The predicted molar refractivity (Wildman–Crippen MR) is 116 cm³/mol. The average molecular weight is 427 g/mol. The third kappa shape index (κ3) is 3.27. The maximum absolute atomic E-state index is 12.9. The number of hydrogen-bond donors (Lipinski definition) is 1. The highest BCUT2D eigenvalue weighted by molar-refractivity contribution is 7.91. The van der Waals surface area contributed by atoms with Gasteiger partial charge in [-0.1, -0.05) is 30.3 Å². The van der Waals surface area contributed by atoms with Gasteiger partial charge in [-0.15, -0.1) is 11.3 Å². The van der Waals surface area contributed by atoms with Crippen LogP contribution < -0.4 is 5.32 Å². The van der Waals surface area contributed by atoms with E-state index in [2.05, 4.69) is 29.6 Å². The molecule has 0 radical (unpaired) electrons. The lowest BCUT2D eigenvalue weighted by atomic mass is 9.96. The van der Waals surface area contributed by atoms with E-state index in [4.69, 9.17) is 0 Å². The molecule has 29 heavy (non-hydrogen) atoms. The van der Waals surface area contributed by atoms with Crippen LogP contribution in [0.4, 0.5) is 5.69 Å². The first-order valence-electron chi connectivity index (χ1n) is 9.92. The molecule has 0 unspecified atom stereocenters. The molecule has 5 nitrogen and oxygen atoms in total. The van der Waals surface area contributed by atoms with Crippen molar-refractivity contribution in [2.45, 2.75) is 29.9 Å². The minimum Gasteiger partial charge on any atom is -0.325 e. The molecule has 0 atom stereocenters. The summed E-state index contributed by atoms with van der Waals surface area (Å²) in [6.07, 6.45) is 3.19. The van der Waals surface area contributed by atoms with Gasteiger partial charge in [-0.3, -0.25) is 4.79 Å². The number of amides is 1. The molecular formula is C22H22N2O3S2. The Labute approximate surface area is 174 Å². The number of hydrogen-bond acceptors (Lipinski definition) is 4. The molecule has 1 saturated heterocycles. The van der Waals surface area contributed by atoms with E-state index in [0.29, 0.717) is 30.1 Å². The summed E-state index contributed by atoms with van der Waals surface area (Å²) < 4.78 is 27.2. The van der Waals surface area contributed by atoms with E-state index in [9.17, 15) is 13.2 Å². The van der Waals surface area contributed by atoms with E-state index in [1.807, 2.05) is 6.07 Å². The third-order valence-corrected chi connectivity index (χ3v) is 9.32. The fourth-order valence-electron chi connectivity index (χ4n) is 4.49. The fraction of sp³-hybridized carbons (Fsp3) is 0.318. The number of piperidine rings is 1. The van der Waals surface area contributed by atoms with E-state index in [1.165, 1.54) is 32.2 Å². The van der Waals surface area contributed by atoms with Crippen molar-refractivity contribution in [2.24, 2.45) is 5.92 Å². The normalized spacial score (nSPS) is 17.7. The number of nitrogens with zero attached hydrogens (tertiary/aromatic N) is 1. The highest BCUT2D eigenvalue weighted by atomic mass is 32.2. The van der Waals surface area contributed by atoms with Gasteiger partial charge in [0.25, 0.3) is 10.0 Å². The first-order chi connectivity index (χ1) is 14.0. The number of rotatable bonds is 4. The van der Waals surface area contributed by atoms with Crippen molar-refractivity contribution in [3.63, 3.8) is 0 Å². The topological polar surface area (TPSA) is 66.5 Å². The maximum Gasteiger partial charge on any atom is 0.252 e. The molecule has 1 amide bonds. The first-order valence-corrected chi connectivity index (χ1v) is 12.2. The molecule has 0 saturated carbocycles. The van der Waals surface area contributed by atoms with E-state index in [-0.39, 0.29) is 11.8 Å². The number of benzene rings is 2. The quantitative estimate of drug-likeness (QED) is 0.685. The number of carbonyl (C=O) groups excluding carboxylic acids is 1. The van der Waals surface area contributed by atoms with Gasteiger partial charge < -0.3 is 5.32 Å². The molecule has 3 aromatic rings. The van der Waals surface area contributed by atoms with Crippen molar-refractivity contribution in [3.05, 3.63) is 59.0 Å². The van der Waals surface area contributed by atoms with Crippen LogP contribution in [0.3, 0.4) is 0 Å². The second-order valence-corrected chi connectivity index (χ2v) is 10.8. The largest absolute Gasteiger partial charge is 0.325 e. The molecule has 2 heterocycles. The molecule has 1 aromatic heterocycles. The standard InChI is InChI=1S/C22H22N2O3S2/c25-22(17-10-12-24(13-11-17)29(26,27)20-5-2-14-28-20)23-19-9-8-16-7-6-15-3-1-4-18(19)21(15)16/h1-5,8-9,14,17H,6-7,10-13H2,(H,23,25). The Kier molecular flexibility index (Phi) is 4.69. The van der Waals surface area contributed by atoms with E-state index >= 15 is 0 Å².